The Bertz CT molecular complexity index is 102. The fraction of sp³-hybridized carbons (Fsp3) is 1.00. The van der Waals surface area contributed by atoms with E-state index in [4.69, 9.17) is 14.4 Å². The SMILES string of the molecule is O=P([O-])([O-])C(F)F.[Li+].[Li+]. The van der Waals surface area contributed by atoms with E-state index in [0.29, 0.717) is 0 Å². The molecular weight excluding hydrogens is 143 g/mol. The molecule has 0 saturated carbocycles. The maximum Gasteiger partial charge on any atom is 1.00 e. The summed E-state index contributed by atoms with van der Waals surface area (Å²) in [6.45, 7) is 0. The summed E-state index contributed by atoms with van der Waals surface area (Å²) >= 11 is 0. The third-order valence-corrected chi connectivity index (χ3v) is 0.717. The smallest absolute Gasteiger partial charge is 0.807 e. The van der Waals surface area contributed by atoms with Gasteiger partial charge in [-0.3, -0.25) is 0 Å². The van der Waals surface area contributed by atoms with Crippen molar-refractivity contribution in [3.05, 3.63) is 0 Å². The first kappa shape index (κ1) is 16.7. The first-order valence-corrected chi connectivity index (χ1v) is 2.85. The molecular formula is CHF2Li2O3P. The Morgan fingerprint density at radius 1 is 1.22 bits per heavy atom. The van der Waals surface area contributed by atoms with Crippen LogP contribution in [0.25, 0.3) is 0 Å². The Labute approximate surface area is 74.7 Å². The normalized spacial score (nSPS) is 9.89. The molecule has 0 aromatic rings. The second-order valence-electron chi connectivity index (χ2n) is 0.817. The van der Waals surface area contributed by atoms with Crippen molar-refractivity contribution < 1.29 is 60.9 Å². The molecule has 9 heavy (non-hydrogen) atoms. The zero-order valence-electron chi connectivity index (χ0n) is 5.01. The number of hydrogen-bond donors (Lipinski definition) is 0. The maximum absolute atomic E-state index is 10.7. The van der Waals surface area contributed by atoms with Gasteiger partial charge >= 0.3 is 37.7 Å². The van der Waals surface area contributed by atoms with Crippen molar-refractivity contribution in [3.8, 4) is 0 Å². The largest absolute Gasteiger partial charge is 1.00 e. The van der Waals surface area contributed by atoms with E-state index in [-0.39, 0.29) is 37.7 Å². The fourth-order valence-corrected chi connectivity index (χ4v) is 0. The summed E-state index contributed by atoms with van der Waals surface area (Å²) in [5, 5.41) is 0. The molecule has 0 amide bonds. The van der Waals surface area contributed by atoms with Gasteiger partial charge in [-0.05, 0) is 0 Å². The Morgan fingerprint density at radius 3 is 1.33 bits per heavy atom. The van der Waals surface area contributed by atoms with Crippen LogP contribution in [0.5, 0.6) is 0 Å². The summed E-state index contributed by atoms with van der Waals surface area (Å²) in [5.41, 5.74) is 0. The molecule has 8 heteroatoms. The van der Waals surface area contributed by atoms with Crippen molar-refractivity contribution in [3.63, 3.8) is 0 Å². The predicted molar refractivity (Wildman–Crippen MR) is 13.6 cm³/mol. The molecule has 0 spiro atoms. The van der Waals surface area contributed by atoms with Gasteiger partial charge in [0.05, 0.1) is 0 Å². The van der Waals surface area contributed by atoms with E-state index in [1.54, 1.807) is 0 Å². The second kappa shape index (κ2) is 5.95. The molecule has 0 fully saturated rings. The van der Waals surface area contributed by atoms with Crippen molar-refractivity contribution in [2.75, 3.05) is 0 Å². The number of rotatable bonds is 1. The number of hydrogen-bond acceptors (Lipinski definition) is 3. The molecule has 0 aliphatic carbocycles. The van der Waals surface area contributed by atoms with E-state index in [9.17, 15) is 8.78 Å². The van der Waals surface area contributed by atoms with E-state index in [0.717, 1.165) is 0 Å². The van der Waals surface area contributed by atoms with Crippen molar-refractivity contribution in [1.82, 2.24) is 0 Å². The van der Waals surface area contributed by atoms with Gasteiger partial charge in [0, 0.05) is 7.60 Å². The molecule has 0 atom stereocenters. The van der Waals surface area contributed by atoms with Crippen molar-refractivity contribution in [1.29, 1.82) is 0 Å². The summed E-state index contributed by atoms with van der Waals surface area (Å²) in [6.07, 6.45) is -3.76. The zero-order chi connectivity index (χ0) is 6.08. The quantitative estimate of drug-likeness (QED) is 0.271. The Kier molecular flexibility index (Phi) is 11.0. The van der Waals surface area contributed by atoms with Crippen LogP contribution in [0.3, 0.4) is 0 Å². The fourth-order valence-electron chi connectivity index (χ4n) is 0. The molecule has 0 aromatic carbocycles. The molecule has 0 radical (unpaired) electrons. The Hall–Kier alpha value is 1.20. The van der Waals surface area contributed by atoms with Crippen molar-refractivity contribution >= 4 is 7.60 Å². The van der Waals surface area contributed by atoms with E-state index < -0.39 is 13.8 Å². The number of alkyl halides is 2. The molecule has 44 valence electrons. The van der Waals surface area contributed by atoms with Gasteiger partial charge < -0.3 is 14.4 Å². The summed E-state index contributed by atoms with van der Waals surface area (Å²) < 4.78 is 30.4. The van der Waals surface area contributed by atoms with Crippen LogP contribution in [0.1, 0.15) is 0 Å². The van der Waals surface area contributed by atoms with Crippen LogP contribution in [0, 0.1) is 0 Å². The Morgan fingerprint density at radius 2 is 1.33 bits per heavy atom. The van der Waals surface area contributed by atoms with E-state index in [2.05, 4.69) is 0 Å². The zero-order valence-corrected chi connectivity index (χ0v) is 5.90. The first-order chi connectivity index (χ1) is 2.94. The molecule has 0 heterocycles. The van der Waals surface area contributed by atoms with E-state index in [1.165, 1.54) is 0 Å². The average molecular weight is 144 g/mol. The monoisotopic (exact) mass is 144 g/mol. The molecule has 0 saturated heterocycles. The first-order valence-electron chi connectivity index (χ1n) is 1.24. The minimum atomic E-state index is -5.57. The summed E-state index contributed by atoms with van der Waals surface area (Å²) in [6, 6.07) is 0. The van der Waals surface area contributed by atoms with E-state index >= 15 is 0 Å². The third kappa shape index (κ3) is 9.20. The molecule has 0 bridgehead atoms. The van der Waals surface area contributed by atoms with E-state index in [1.807, 2.05) is 0 Å². The van der Waals surface area contributed by atoms with Crippen LogP contribution < -0.4 is 47.5 Å². The molecule has 3 nitrogen and oxygen atoms in total. The predicted octanol–water partition coefficient (Wildman–Crippen LogP) is -6.87. The summed E-state index contributed by atoms with van der Waals surface area (Å²) in [5.74, 6) is 0. The minimum absolute atomic E-state index is 0. The average Bonchev–Trinajstić information content (AvgIpc) is 1.31. The van der Waals surface area contributed by atoms with Crippen molar-refractivity contribution in [2.45, 2.75) is 6.17 Å². The van der Waals surface area contributed by atoms with Crippen LogP contribution >= 0.6 is 7.60 Å². The molecule has 0 aliphatic heterocycles. The summed E-state index contributed by atoms with van der Waals surface area (Å²) in [4.78, 5) is 18.1. The molecule has 0 N–H and O–H groups in total. The van der Waals surface area contributed by atoms with Gasteiger partial charge in [0.2, 0.25) is 0 Å². The molecule has 0 rings (SSSR count). The van der Waals surface area contributed by atoms with Gasteiger partial charge in [-0.15, -0.1) is 0 Å². The van der Waals surface area contributed by atoms with Gasteiger partial charge in [-0.1, -0.05) is 0 Å². The molecule has 0 aliphatic rings. The molecule has 0 unspecified atom stereocenters. The number of halogens is 2. The van der Waals surface area contributed by atoms with Crippen LogP contribution in [0.15, 0.2) is 0 Å². The summed E-state index contributed by atoms with van der Waals surface area (Å²) in [7, 11) is -5.57. The van der Waals surface area contributed by atoms with Gasteiger partial charge in [0.1, 0.15) is 0 Å². The standard InChI is InChI=1S/CH3F2O3P.2Li/c2-1(3)7(4,5)6;;/h1H,(H2,4,5,6);;/q;2*+1/p-2. The topological polar surface area (TPSA) is 63.2 Å². The van der Waals surface area contributed by atoms with Gasteiger partial charge in [0.25, 0.3) is 6.17 Å². The Balaban J connectivity index is -0.000000180. The molecule has 0 aromatic heterocycles. The van der Waals surface area contributed by atoms with Crippen molar-refractivity contribution in [2.24, 2.45) is 0 Å². The van der Waals surface area contributed by atoms with Gasteiger partial charge in [-0.25, -0.2) is 8.78 Å². The van der Waals surface area contributed by atoms with Crippen LogP contribution in [-0.2, 0) is 4.57 Å². The van der Waals surface area contributed by atoms with Gasteiger partial charge in [-0.2, -0.15) is 0 Å². The maximum atomic E-state index is 10.7. The minimum Gasteiger partial charge on any atom is -0.807 e. The third-order valence-electron chi connectivity index (χ3n) is 0.239. The van der Waals surface area contributed by atoms with Crippen LogP contribution in [0.4, 0.5) is 8.78 Å². The van der Waals surface area contributed by atoms with Crippen LogP contribution in [0.2, 0.25) is 0 Å². The van der Waals surface area contributed by atoms with Gasteiger partial charge in [0.15, 0.2) is 0 Å². The second-order valence-corrected chi connectivity index (χ2v) is 2.29. The van der Waals surface area contributed by atoms with Crippen LogP contribution in [-0.4, -0.2) is 6.17 Å².